The van der Waals surface area contributed by atoms with Crippen molar-refractivity contribution < 1.29 is 13.2 Å². The van der Waals surface area contributed by atoms with Gasteiger partial charge in [0.05, 0.1) is 10.4 Å². The molecule has 2 atom stereocenters. The van der Waals surface area contributed by atoms with E-state index in [9.17, 15) is 13.2 Å². The zero-order valence-corrected chi connectivity index (χ0v) is 21.3. The van der Waals surface area contributed by atoms with Crippen molar-refractivity contribution in [2.45, 2.75) is 17.1 Å². The lowest BCUT2D eigenvalue weighted by Crippen LogP contribution is -2.45. The normalized spacial score (nSPS) is 22.7. The Balaban J connectivity index is 1.67. The van der Waals surface area contributed by atoms with Crippen LogP contribution in [0.15, 0.2) is 58.3 Å². The highest BCUT2D eigenvalue weighted by molar-refractivity contribution is 7.91. The van der Waals surface area contributed by atoms with Gasteiger partial charge in [0.2, 0.25) is 10.0 Å². The van der Waals surface area contributed by atoms with Crippen LogP contribution in [0, 0.1) is 16.7 Å². The van der Waals surface area contributed by atoms with E-state index < -0.39 is 15.4 Å². The third-order valence-corrected chi connectivity index (χ3v) is 9.87. The molecule has 34 heavy (non-hydrogen) atoms. The Labute approximate surface area is 212 Å². The van der Waals surface area contributed by atoms with E-state index in [1.165, 1.54) is 6.07 Å². The van der Waals surface area contributed by atoms with Gasteiger partial charge in [0.15, 0.2) is 5.78 Å². The van der Waals surface area contributed by atoms with Crippen molar-refractivity contribution in [2.75, 3.05) is 19.6 Å². The number of nitrogens with one attached hydrogen (secondary N) is 3. The Bertz CT molecular complexity index is 1280. The van der Waals surface area contributed by atoms with E-state index in [0.717, 1.165) is 29.9 Å². The number of benzene rings is 1. The highest BCUT2D eigenvalue weighted by Crippen LogP contribution is 2.38. The summed E-state index contributed by atoms with van der Waals surface area (Å²) in [4.78, 5) is 13.9. The molecule has 4 rings (SSSR count). The molecule has 7 nitrogen and oxygen atoms in total. The molecule has 0 saturated carbocycles. The van der Waals surface area contributed by atoms with Crippen LogP contribution in [0.2, 0.25) is 9.36 Å². The predicted molar refractivity (Wildman–Crippen MR) is 136 cm³/mol. The highest BCUT2D eigenvalue weighted by Gasteiger charge is 2.42. The number of thiophene rings is 1. The van der Waals surface area contributed by atoms with Gasteiger partial charge in [0.25, 0.3) is 0 Å². The third kappa shape index (κ3) is 5.15. The Morgan fingerprint density at radius 1 is 1.32 bits per heavy atom. The molecule has 1 fully saturated rings. The smallest absolute Gasteiger partial charge is 0.250 e. The van der Waals surface area contributed by atoms with Crippen molar-refractivity contribution in [3.8, 4) is 0 Å². The van der Waals surface area contributed by atoms with E-state index in [1.54, 1.807) is 24.3 Å². The zero-order chi connectivity index (χ0) is 24.5. The second-order valence-electron chi connectivity index (χ2n) is 8.46. The largest absolute Gasteiger partial charge is 0.384 e. The molecule has 0 spiro atoms. The minimum Gasteiger partial charge on any atom is -0.384 e. The second-order valence-corrected chi connectivity index (χ2v) is 12.5. The van der Waals surface area contributed by atoms with Crippen LogP contribution >= 0.6 is 34.5 Å². The molecule has 1 aliphatic carbocycles. The second kappa shape index (κ2) is 9.93. The molecule has 11 heteroatoms. The first-order chi connectivity index (χ1) is 16.1. The molecule has 1 aromatic carbocycles. The van der Waals surface area contributed by atoms with Crippen LogP contribution in [0.4, 0.5) is 0 Å². The van der Waals surface area contributed by atoms with Gasteiger partial charge in [-0.2, -0.15) is 0 Å². The number of hydrogen-bond acceptors (Lipinski definition) is 6. The quantitative estimate of drug-likeness (QED) is 0.302. The fraction of sp³-hybridized carbons (Fsp3) is 0.304. The maximum absolute atomic E-state index is 13.9. The molecule has 2 aliphatic rings. The van der Waals surface area contributed by atoms with Crippen molar-refractivity contribution in [2.24, 2.45) is 17.1 Å². The molecular weight excluding hydrogens is 515 g/mol. The van der Waals surface area contributed by atoms with Gasteiger partial charge in [-0.3, -0.25) is 10.2 Å². The van der Waals surface area contributed by atoms with Crippen molar-refractivity contribution in [3.05, 3.63) is 74.6 Å². The van der Waals surface area contributed by atoms with Crippen molar-refractivity contribution in [3.63, 3.8) is 0 Å². The van der Waals surface area contributed by atoms with Gasteiger partial charge in [-0.15, -0.1) is 11.3 Å². The molecule has 0 radical (unpaired) electrons. The lowest BCUT2D eigenvalue weighted by Gasteiger charge is -2.34. The number of sulfonamides is 1. The van der Waals surface area contributed by atoms with Gasteiger partial charge in [0, 0.05) is 30.1 Å². The highest BCUT2D eigenvalue weighted by atomic mass is 35.5. The molecule has 0 amide bonds. The van der Waals surface area contributed by atoms with E-state index in [2.05, 4.69) is 10.0 Å². The third-order valence-electron chi connectivity index (χ3n) is 6.13. The summed E-state index contributed by atoms with van der Waals surface area (Å²) in [7, 11) is -3.95. The summed E-state index contributed by atoms with van der Waals surface area (Å²) >= 11 is 12.8. The Morgan fingerprint density at radius 2 is 2.12 bits per heavy atom. The zero-order valence-electron chi connectivity index (χ0n) is 18.1. The SMILES string of the molecule is N=C(N)c1cccc(CC2(CNS(=O)(=O)c3cc(Cl)c(Cl)s3)C=CC=C([C@@H]3CCNC3)C2=O)c1. The summed E-state index contributed by atoms with van der Waals surface area (Å²) in [5.41, 5.74) is 6.52. The number of carbonyl (C=O) groups excluding carboxylic acids is 1. The number of carbonyl (C=O) groups is 1. The first-order valence-corrected chi connectivity index (χ1v) is 13.7. The number of Topliss-reactive ketones (excluding diaryl/α,β-unsaturated/α-hetero) is 1. The summed E-state index contributed by atoms with van der Waals surface area (Å²) in [5.74, 6) is -0.111. The number of hydrogen-bond donors (Lipinski definition) is 4. The summed E-state index contributed by atoms with van der Waals surface area (Å²) in [5, 5.41) is 11.2. The number of ketones is 1. The standard InChI is InChI=1S/C23H24Cl2N4O3S2/c24-18-10-19(33-21(18)25)34(31,32)29-13-23(11-14-3-1-4-15(9-14)22(26)27)7-2-5-17(20(23)30)16-6-8-28-12-16/h1-5,7,9-10,16,28-29H,6,8,11-13H2,(H3,26,27)/t16-,23?/m1/s1. The molecule has 0 bridgehead atoms. The van der Waals surface area contributed by atoms with Crippen LogP contribution in [0.3, 0.4) is 0 Å². The summed E-state index contributed by atoms with van der Waals surface area (Å²) < 4.78 is 28.8. The van der Waals surface area contributed by atoms with Gasteiger partial charge in [-0.1, -0.05) is 59.6 Å². The predicted octanol–water partition coefficient (Wildman–Crippen LogP) is 3.52. The molecule has 1 aliphatic heterocycles. The molecule has 5 N–H and O–H groups in total. The number of nitrogen functional groups attached to an aromatic ring is 1. The maximum atomic E-state index is 13.9. The van der Waals surface area contributed by atoms with E-state index in [-0.39, 0.29) is 44.1 Å². The van der Waals surface area contributed by atoms with Gasteiger partial charge in [-0.05, 0) is 37.1 Å². The summed E-state index contributed by atoms with van der Waals surface area (Å²) in [6.45, 7) is 1.40. The van der Waals surface area contributed by atoms with Crippen LogP contribution < -0.4 is 15.8 Å². The van der Waals surface area contributed by atoms with Crippen LogP contribution in [0.5, 0.6) is 0 Å². The van der Waals surface area contributed by atoms with Crippen molar-refractivity contribution >= 4 is 56.2 Å². The van der Waals surface area contributed by atoms with E-state index in [0.29, 0.717) is 17.7 Å². The van der Waals surface area contributed by atoms with Crippen LogP contribution in [0.1, 0.15) is 17.5 Å². The van der Waals surface area contributed by atoms with E-state index in [4.69, 9.17) is 34.3 Å². The Kier molecular flexibility index (Phi) is 7.33. The van der Waals surface area contributed by atoms with Gasteiger partial charge in [0.1, 0.15) is 14.4 Å². The van der Waals surface area contributed by atoms with E-state index >= 15 is 0 Å². The fourth-order valence-electron chi connectivity index (χ4n) is 4.32. The molecule has 1 aromatic heterocycles. The molecule has 2 aromatic rings. The first-order valence-electron chi connectivity index (χ1n) is 10.6. The van der Waals surface area contributed by atoms with Crippen molar-refractivity contribution in [1.82, 2.24) is 10.0 Å². The average Bonchev–Trinajstić information content (AvgIpc) is 3.45. The molecule has 180 valence electrons. The number of halogens is 2. The number of rotatable bonds is 8. The lowest BCUT2D eigenvalue weighted by atomic mass is 9.70. The molecule has 1 saturated heterocycles. The Hall–Kier alpha value is -2.01. The van der Waals surface area contributed by atoms with Gasteiger partial charge >= 0.3 is 0 Å². The maximum Gasteiger partial charge on any atom is 0.250 e. The van der Waals surface area contributed by atoms with Gasteiger partial charge < -0.3 is 11.1 Å². The average molecular weight is 540 g/mol. The van der Waals surface area contributed by atoms with Crippen molar-refractivity contribution in [1.29, 1.82) is 5.41 Å². The monoisotopic (exact) mass is 538 g/mol. The van der Waals surface area contributed by atoms with Crippen LogP contribution in [-0.2, 0) is 21.2 Å². The summed E-state index contributed by atoms with van der Waals surface area (Å²) in [6, 6.07) is 8.40. The van der Waals surface area contributed by atoms with Gasteiger partial charge in [-0.25, -0.2) is 13.1 Å². The van der Waals surface area contributed by atoms with Crippen LogP contribution in [0.25, 0.3) is 0 Å². The molecular formula is C23H24Cl2N4O3S2. The minimum atomic E-state index is -3.95. The van der Waals surface area contributed by atoms with E-state index in [1.807, 2.05) is 18.2 Å². The van der Waals surface area contributed by atoms with Crippen LogP contribution in [-0.4, -0.2) is 39.7 Å². The topological polar surface area (TPSA) is 125 Å². The number of allylic oxidation sites excluding steroid dienone is 2. The fourth-order valence-corrected chi connectivity index (χ4v) is 7.36. The first kappa shape index (κ1) is 25.1. The molecule has 2 heterocycles. The minimum absolute atomic E-state index is 0.0146. The summed E-state index contributed by atoms with van der Waals surface area (Å²) in [6.07, 6.45) is 6.52. The Morgan fingerprint density at radius 3 is 2.76 bits per heavy atom. The number of nitrogens with two attached hydrogens (primary N) is 1. The molecule has 1 unspecified atom stereocenters. The lowest BCUT2D eigenvalue weighted by molar-refractivity contribution is -0.123. The number of amidine groups is 1.